The molecule has 2 heteroatoms. The van der Waals surface area contributed by atoms with Crippen molar-refractivity contribution in [1.82, 2.24) is 0 Å². The van der Waals surface area contributed by atoms with Crippen molar-refractivity contribution in [2.24, 2.45) is 5.73 Å². The van der Waals surface area contributed by atoms with Gasteiger partial charge in [0, 0.05) is 11.1 Å². The van der Waals surface area contributed by atoms with E-state index in [0.29, 0.717) is 0 Å². The van der Waals surface area contributed by atoms with Crippen molar-refractivity contribution in [3.05, 3.63) is 28.8 Å². The molecule has 0 aliphatic heterocycles. The third-order valence-corrected chi connectivity index (χ3v) is 3.74. The maximum absolute atomic E-state index is 6.26. The molecule has 0 atom stereocenters. The van der Waals surface area contributed by atoms with Gasteiger partial charge in [0.15, 0.2) is 0 Å². The zero-order valence-electron chi connectivity index (χ0n) is 9.18. The molecule has 2 N–H and O–H groups in total. The Morgan fingerprint density at radius 3 is 2.47 bits per heavy atom. The predicted octanol–water partition coefficient (Wildman–Crippen LogP) is 2.13. The van der Waals surface area contributed by atoms with Crippen molar-refractivity contribution in [3.8, 4) is 5.75 Å². The van der Waals surface area contributed by atoms with Crippen LogP contribution < -0.4 is 10.5 Å². The van der Waals surface area contributed by atoms with Crippen molar-refractivity contribution in [3.63, 3.8) is 0 Å². The van der Waals surface area contributed by atoms with E-state index in [1.807, 2.05) is 0 Å². The van der Waals surface area contributed by atoms with E-state index in [1.54, 1.807) is 7.11 Å². The summed E-state index contributed by atoms with van der Waals surface area (Å²) in [6, 6.07) is 4.48. The fraction of sp³-hybridized carbons (Fsp3) is 0.538. The van der Waals surface area contributed by atoms with Gasteiger partial charge < -0.3 is 10.5 Å². The molecule has 0 unspecified atom stereocenters. The molecule has 1 fully saturated rings. The van der Waals surface area contributed by atoms with Crippen LogP contribution in [0.2, 0.25) is 0 Å². The highest BCUT2D eigenvalue weighted by Gasteiger charge is 2.42. The zero-order valence-corrected chi connectivity index (χ0v) is 9.18. The Morgan fingerprint density at radius 2 is 1.87 bits per heavy atom. The number of nitrogens with two attached hydrogens (primary N) is 1. The molecule has 3 rings (SSSR count). The lowest BCUT2D eigenvalue weighted by Crippen LogP contribution is -2.20. The molecule has 80 valence electrons. The molecule has 1 aromatic carbocycles. The third-order valence-electron chi connectivity index (χ3n) is 3.74. The van der Waals surface area contributed by atoms with Crippen LogP contribution in [0.25, 0.3) is 0 Å². The second-order valence-corrected chi connectivity index (χ2v) is 4.83. The summed E-state index contributed by atoms with van der Waals surface area (Å²) in [5.74, 6) is 0.996. The molecule has 0 bridgehead atoms. The lowest BCUT2D eigenvalue weighted by atomic mass is 9.98. The average Bonchev–Trinajstić information content (AvgIpc) is 2.83. The molecular weight excluding hydrogens is 186 g/mol. The molecule has 0 radical (unpaired) electrons. The van der Waals surface area contributed by atoms with Gasteiger partial charge in [-0.25, -0.2) is 0 Å². The second-order valence-electron chi connectivity index (χ2n) is 4.83. The van der Waals surface area contributed by atoms with E-state index in [0.717, 1.165) is 18.6 Å². The molecule has 0 aromatic heterocycles. The highest BCUT2D eigenvalue weighted by atomic mass is 16.5. The van der Waals surface area contributed by atoms with Gasteiger partial charge >= 0.3 is 0 Å². The molecule has 2 nitrogen and oxygen atoms in total. The standard InChI is InChI=1S/C13H17NO/c1-15-12-8-10-4-2-3-9(10)7-11(12)13(14)5-6-13/h7-8H,2-6,14H2,1H3. The summed E-state index contributed by atoms with van der Waals surface area (Å²) in [6.45, 7) is 0. The summed E-state index contributed by atoms with van der Waals surface area (Å²) < 4.78 is 5.46. The first-order valence-corrected chi connectivity index (χ1v) is 5.72. The van der Waals surface area contributed by atoms with E-state index >= 15 is 0 Å². The minimum absolute atomic E-state index is 0.0804. The molecule has 1 aromatic rings. The number of fused-ring (bicyclic) bond motifs is 1. The third kappa shape index (κ3) is 1.36. The number of hydrogen-bond donors (Lipinski definition) is 1. The van der Waals surface area contributed by atoms with Crippen molar-refractivity contribution >= 4 is 0 Å². The van der Waals surface area contributed by atoms with Gasteiger partial charge in [0.1, 0.15) is 5.75 Å². The lowest BCUT2D eigenvalue weighted by molar-refractivity contribution is 0.404. The molecule has 0 heterocycles. The topological polar surface area (TPSA) is 35.2 Å². The summed E-state index contributed by atoms with van der Waals surface area (Å²) in [6.07, 6.45) is 5.88. The number of aryl methyl sites for hydroxylation is 2. The molecule has 2 aliphatic carbocycles. The fourth-order valence-corrected chi connectivity index (χ4v) is 2.56. The van der Waals surface area contributed by atoms with Crippen LogP contribution in [0.5, 0.6) is 5.75 Å². The van der Waals surface area contributed by atoms with E-state index in [9.17, 15) is 0 Å². The van der Waals surface area contributed by atoms with Crippen LogP contribution in [-0.4, -0.2) is 7.11 Å². The zero-order chi connectivity index (χ0) is 10.5. The fourth-order valence-electron chi connectivity index (χ4n) is 2.56. The number of methoxy groups -OCH3 is 1. The van der Waals surface area contributed by atoms with E-state index in [4.69, 9.17) is 10.5 Å². The molecule has 0 amide bonds. The highest BCUT2D eigenvalue weighted by Crippen LogP contribution is 2.47. The van der Waals surface area contributed by atoms with E-state index in [1.165, 1.54) is 36.0 Å². The Balaban J connectivity index is 2.12. The summed E-state index contributed by atoms with van der Waals surface area (Å²) in [5, 5.41) is 0. The number of hydrogen-bond acceptors (Lipinski definition) is 2. The quantitative estimate of drug-likeness (QED) is 0.799. The minimum atomic E-state index is -0.0804. The number of rotatable bonds is 2. The smallest absolute Gasteiger partial charge is 0.124 e. The lowest BCUT2D eigenvalue weighted by Gasteiger charge is -2.16. The first-order chi connectivity index (χ1) is 7.23. The molecule has 1 saturated carbocycles. The van der Waals surface area contributed by atoms with Gasteiger partial charge in [-0.15, -0.1) is 0 Å². The van der Waals surface area contributed by atoms with E-state index in [-0.39, 0.29) is 5.54 Å². The summed E-state index contributed by atoms with van der Waals surface area (Å²) in [7, 11) is 1.74. The molecule has 15 heavy (non-hydrogen) atoms. The van der Waals surface area contributed by atoms with Gasteiger partial charge in [0.2, 0.25) is 0 Å². The largest absolute Gasteiger partial charge is 0.496 e. The maximum Gasteiger partial charge on any atom is 0.124 e. The Morgan fingerprint density at radius 1 is 1.20 bits per heavy atom. The van der Waals surface area contributed by atoms with E-state index < -0.39 is 0 Å². The first kappa shape index (κ1) is 9.22. The van der Waals surface area contributed by atoms with Crippen molar-refractivity contribution in [2.45, 2.75) is 37.6 Å². The van der Waals surface area contributed by atoms with Crippen LogP contribution in [0.4, 0.5) is 0 Å². The van der Waals surface area contributed by atoms with Crippen LogP contribution in [0.15, 0.2) is 12.1 Å². The van der Waals surface area contributed by atoms with Crippen LogP contribution in [-0.2, 0) is 18.4 Å². The minimum Gasteiger partial charge on any atom is -0.496 e. The van der Waals surface area contributed by atoms with Crippen LogP contribution in [0.3, 0.4) is 0 Å². The van der Waals surface area contributed by atoms with Crippen LogP contribution >= 0.6 is 0 Å². The molecular formula is C13H17NO. The Hall–Kier alpha value is -1.02. The van der Waals surface area contributed by atoms with Gasteiger partial charge in [-0.1, -0.05) is 0 Å². The van der Waals surface area contributed by atoms with Gasteiger partial charge in [0.05, 0.1) is 7.11 Å². The average molecular weight is 203 g/mol. The molecule has 0 saturated heterocycles. The second kappa shape index (κ2) is 2.99. The van der Waals surface area contributed by atoms with Gasteiger partial charge in [-0.3, -0.25) is 0 Å². The van der Waals surface area contributed by atoms with Gasteiger partial charge in [-0.2, -0.15) is 0 Å². The first-order valence-electron chi connectivity index (χ1n) is 5.72. The monoisotopic (exact) mass is 203 g/mol. The maximum atomic E-state index is 6.26. The summed E-state index contributed by atoms with van der Waals surface area (Å²) in [5.41, 5.74) is 10.4. The van der Waals surface area contributed by atoms with E-state index in [2.05, 4.69) is 12.1 Å². The number of benzene rings is 1. The van der Waals surface area contributed by atoms with Gasteiger partial charge in [-0.05, 0) is 55.4 Å². The van der Waals surface area contributed by atoms with Crippen LogP contribution in [0.1, 0.15) is 36.0 Å². The van der Waals surface area contributed by atoms with Crippen LogP contribution in [0, 0.1) is 0 Å². The normalized spacial score (nSPS) is 21.2. The molecule has 2 aliphatic rings. The highest BCUT2D eigenvalue weighted by molar-refractivity contribution is 5.49. The van der Waals surface area contributed by atoms with Gasteiger partial charge in [0.25, 0.3) is 0 Å². The molecule has 0 spiro atoms. The van der Waals surface area contributed by atoms with Crippen molar-refractivity contribution in [1.29, 1.82) is 0 Å². The Labute approximate surface area is 90.4 Å². The summed E-state index contributed by atoms with van der Waals surface area (Å²) in [4.78, 5) is 0. The Kier molecular flexibility index (Phi) is 1.84. The summed E-state index contributed by atoms with van der Waals surface area (Å²) >= 11 is 0. The number of ether oxygens (including phenoxy) is 1. The Bertz CT molecular complexity index is 407. The predicted molar refractivity (Wildman–Crippen MR) is 60.1 cm³/mol. The van der Waals surface area contributed by atoms with Crippen molar-refractivity contribution in [2.75, 3.05) is 7.11 Å². The van der Waals surface area contributed by atoms with Crippen molar-refractivity contribution < 1.29 is 4.74 Å². The SMILES string of the molecule is COc1cc2c(cc1C1(N)CC1)CCC2.